The Bertz CT molecular complexity index is 1670. The number of hydrogen-bond acceptors (Lipinski definition) is 0. The standard InChI is InChI=1S/C36H28/c1-2-10-25(11-3-1)18-20-33-29(19-21-34-30-15-7-6-14-28(30)23-36(33)34)24-35-31-16-8-4-12-26(31)22-27-13-5-9-17-32(27)35/h1-17,19,21-22H,18,20,23-24H2. The lowest BCUT2D eigenvalue weighted by molar-refractivity contribution is 0.922. The number of hydrogen-bond donors (Lipinski definition) is 0. The second kappa shape index (κ2) is 8.81. The monoisotopic (exact) mass is 460 g/mol. The van der Waals surface area contributed by atoms with Crippen LogP contribution in [0.25, 0.3) is 32.7 Å². The summed E-state index contributed by atoms with van der Waals surface area (Å²) in [7, 11) is 0. The van der Waals surface area contributed by atoms with Crippen molar-refractivity contribution in [3.8, 4) is 11.1 Å². The lowest BCUT2D eigenvalue weighted by Crippen LogP contribution is -2.04. The molecule has 0 N–H and O–H groups in total. The van der Waals surface area contributed by atoms with Crippen molar-refractivity contribution in [3.05, 3.63) is 155 Å². The van der Waals surface area contributed by atoms with E-state index in [1.165, 1.54) is 60.5 Å². The van der Waals surface area contributed by atoms with Crippen LogP contribution in [0.3, 0.4) is 0 Å². The van der Waals surface area contributed by atoms with Gasteiger partial charge in [-0.05, 0) is 97.8 Å². The zero-order valence-corrected chi connectivity index (χ0v) is 20.4. The predicted molar refractivity (Wildman–Crippen MR) is 153 cm³/mol. The molecule has 0 fully saturated rings. The highest BCUT2D eigenvalue weighted by atomic mass is 14.3. The van der Waals surface area contributed by atoms with Gasteiger partial charge < -0.3 is 0 Å². The molecule has 0 atom stereocenters. The van der Waals surface area contributed by atoms with Crippen molar-refractivity contribution in [1.29, 1.82) is 0 Å². The summed E-state index contributed by atoms with van der Waals surface area (Å²) >= 11 is 0. The maximum absolute atomic E-state index is 2.41. The molecule has 0 nitrogen and oxygen atoms in total. The Balaban J connectivity index is 1.39. The molecule has 1 aliphatic rings. The molecular formula is C36H28. The van der Waals surface area contributed by atoms with Crippen molar-refractivity contribution >= 4 is 21.5 Å². The van der Waals surface area contributed by atoms with Crippen molar-refractivity contribution in [3.63, 3.8) is 0 Å². The fraction of sp³-hybridized carbons (Fsp3) is 0.111. The normalized spacial score (nSPS) is 12.1. The first-order chi connectivity index (χ1) is 17.8. The number of benzene rings is 6. The molecule has 0 bridgehead atoms. The summed E-state index contributed by atoms with van der Waals surface area (Å²) in [5.41, 5.74) is 11.7. The summed E-state index contributed by atoms with van der Waals surface area (Å²) in [6.07, 6.45) is 4.13. The molecule has 172 valence electrons. The first-order valence-electron chi connectivity index (χ1n) is 13.0. The highest BCUT2D eigenvalue weighted by molar-refractivity contribution is 6.02. The third-order valence-corrected chi connectivity index (χ3v) is 7.96. The zero-order chi connectivity index (χ0) is 23.9. The summed E-state index contributed by atoms with van der Waals surface area (Å²) in [5.74, 6) is 0. The molecule has 7 rings (SSSR count). The van der Waals surface area contributed by atoms with Crippen LogP contribution in [0.4, 0.5) is 0 Å². The predicted octanol–water partition coefficient (Wildman–Crippen LogP) is 8.94. The van der Waals surface area contributed by atoms with E-state index in [2.05, 4.69) is 121 Å². The lowest BCUT2D eigenvalue weighted by atomic mass is 9.86. The first kappa shape index (κ1) is 21.1. The molecule has 0 saturated carbocycles. The quantitative estimate of drug-likeness (QED) is 0.225. The highest BCUT2D eigenvalue weighted by Crippen LogP contribution is 2.41. The van der Waals surface area contributed by atoms with Crippen molar-refractivity contribution in [2.45, 2.75) is 25.7 Å². The third-order valence-electron chi connectivity index (χ3n) is 7.96. The minimum absolute atomic E-state index is 0.954. The van der Waals surface area contributed by atoms with Gasteiger partial charge >= 0.3 is 0 Å². The second-order valence-corrected chi connectivity index (χ2v) is 10.0. The fourth-order valence-electron chi connectivity index (χ4n) is 6.20. The van der Waals surface area contributed by atoms with E-state index in [0.717, 1.165) is 25.7 Å². The third kappa shape index (κ3) is 3.62. The van der Waals surface area contributed by atoms with Crippen LogP contribution in [0.2, 0.25) is 0 Å². The van der Waals surface area contributed by atoms with E-state index in [1.807, 2.05) is 0 Å². The van der Waals surface area contributed by atoms with E-state index < -0.39 is 0 Å². The van der Waals surface area contributed by atoms with Crippen LogP contribution in [0, 0.1) is 0 Å². The maximum Gasteiger partial charge on any atom is -0.00106 e. The number of aryl methyl sites for hydroxylation is 1. The molecule has 0 heteroatoms. The maximum atomic E-state index is 2.41. The van der Waals surface area contributed by atoms with Crippen LogP contribution >= 0.6 is 0 Å². The van der Waals surface area contributed by atoms with Gasteiger partial charge in [-0.3, -0.25) is 0 Å². The molecule has 36 heavy (non-hydrogen) atoms. The Morgan fingerprint density at radius 2 is 1.17 bits per heavy atom. The molecule has 0 aliphatic heterocycles. The van der Waals surface area contributed by atoms with Crippen molar-refractivity contribution in [2.75, 3.05) is 0 Å². The topological polar surface area (TPSA) is 0 Å². The van der Waals surface area contributed by atoms with E-state index in [4.69, 9.17) is 0 Å². The van der Waals surface area contributed by atoms with Gasteiger partial charge in [-0.25, -0.2) is 0 Å². The van der Waals surface area contributed by atoms with E-state index in [0.29, 0.717) is 0 Å². The largest absolute Gasteiger partial charge is 0.0622 e. The average Bonchev–Trinajstić information content (AvgIpc) is 3.31. The summed E-state index contributed by atoms with van der Waals surface area (Å²) in [4.78, 5) is 0. The van der Waals surface area contributed by atoms with Crippen LogP contribution in [0.5, 0.6) is 0 Å². The van der Waals surface area contributed by atoms with Crippen molar-refractivity contribution in [2.24, 2.45) is 0 Å². The molecular weight excluding hydrogens is 432 g/mol. The zero-order valence-electron chi connectivity index (χ0n) is 20.4. The van der Waals surface area contributed by atoms with Gasteiger partial charge in [0.2, 0.25) is 0 Å². The van der Waals surface area contributed by atoms with Crippen molar-refractivity contribution in [1.82, 2.24) is 0 Å². The summed E-state index contributed by atoms with van der Waals surface area (Å²) in [5, 5.41) is 5.39. The van der Waals surface area contributed by atoms with Crippen LogP contribution in [-0.4, -0.2) is 0 Å². The van der Waals surface area contributed by atoms with Gasteiger partial charge in [-0.15, -0.1) is 0 Å². The lowest BCUT2D eigenvalue weighted by Gasteiger charge is -2.18. The minimum atomic E-state index is 0.954. The van der Waals surface area contributed by atoms with Gasteiger partial charge in [0.05, 0.1) is 0 Å². The fourth-order valence-corrected chi connectivity index (χ4v) is 6.20. The van der Waals surface area contributed by atoms with Gasteiger partial charge in [-0.2, -0.15) is 0 Å². The van der Waals surface area contributed by atoms with E-state index >= 15 is 0 Å². The molecule has 0 aromatic heterocycles. The van der Waals surface area contributed by atoms with Gasteiger partial charge in [0.1, 0.15) is 0 Å². The molecule has 0 saturated heterocycles. The highest BCUT2D eigenvalue weighted by Gasteiger charge is 2.23. The Kier molecular flexibility index (Phi) is 5.17. The Morgan fingerprint density at radius 3 is 1.94 bits per heavy atom. The van der Waals surface area contributed by atoms with E-state index in [9.17, 15) is 0 Å². The molecule has 0 spiro atoms. The summed E-state index contributed by atoms with van der Waals surface area (Å²) in [6.45, 7) is 0. The molecule has 0 radical (unpaired) electrons. The average molecular weight is 461 g/mol. The Labute approximate surface area is 212 Å². The van der Waals surface area contributed by atoms with Crippen LogP contribution in [0.1, 0.15) is 33.4 Å². The minimum Gasteiger partial charge on any atom is -0.0622 e. The molecule has 0 unspecified atom stereocenters. The SMILES string of the molecule is c1ccc(CCc2c(Cc3c4ccccc4cc4ccccc34)ccc3c2Cc2ccccc2-3)cc1. The van der Waals surface area contributed by atoms with Crippen LogP contribution in [-0.2, 0) is 25.7 Å². The molecule has 6 aromatic carbocycles. The summed E-state index contributed by atoms with van der Waals surface area (Å²) in [6, 6.07) is 44.8. The molecule has 0 heterocycles. The first-order valence-corrected chi connectivity index (χ1v) is 13.0. The van der Waals surface area contributed by atoms with Gasteiger partial charge in [0, 0.05) is 0 Å². The molecule has 6 aromatic rings. The van der Waals surface area contributed by atoms with E-state index in [-0.39, 0.29) is 0 Å². The molecule has 1 aliphatic carbocycles. The van der Waals surface area contributed by atoms with E-state index in [1.54, 1.807) is 5.56 Å². The molecule has 0 amide bonds. The second-order valence-electron chi connectivity index (χ2n) is 10.0. The van der Waals surface area contributed by atoms with Crippen molar-refractivity contribution < 1.29 is 0 Å². The Morgan fingerprint density at radius 1 is 0.500 bits per heavy atom. The number of rotatable bonds is 5. The van der Waals surface area contributed by atoms with Gasteiger partial charge in [-0.1, -0.05) is 115 Å². The Hall–Kier alpha value is -4.16. The van der Waals surface area contributed by atoms with Gasteiger partial charge in [0.15, 0.2) is 0 Å². The summed E-state index contributed by atoms with van der Waals surface area (Å²) < 4.78 is 0. The van der Waals surface area contributed by atoms with Crippen LogP contribution < -0.4 is 0 Å². The van der Waals surface area contributed by atoms with Gasteiger partial charge in [0.25, 0.3) is 0 Å². The smallest absolute Gasteiger partial charge is 0.00106 e. The number of fused-ring (bicyclic) bond motifs is 5. The van der Waals surface area contributed by atoms with Crippen LogP contribution in [0.15, 0.2) is 121 Å².